The Bertz CT molecular complexity index is 237. The molecule has 0 amide bonds. The van der Waals surface area contributed by atoms with Gasteiger partial charge in [0.2, 0.25) is 0 Å². The van der Waals surface area contributed by atoms with E-state index < -0.39 is 0 Å². The van der Waals surface area contributed by atoms with Gasteiger partial charge in [-0.2, -0.15) is 0 Å². The van der Waals surface area contributed by atoms with E-state index in [0.29, 0.717) is 0 Å². The van der Waals surface area contributed by atoms with Crippen LogP contribution in [0.1, 0.15) is 19.8 Å². The average Bonchev–Trinajstić information content (AvgIpc) is 2.21. The summed E-state index contributed by atoms with van der Waals surface area (Å²) in [5, 5.41) is 0. The van der Waals surface area contributed by atoms with Crippen LogP contribution in [-0.2, 0) is 0 Å². The van der Waals surface area contributed by atoms with Crippen molar-refractivity contribution in [3.63, 3.8) is 0 Å². The minimum Gasteiger partial charge on any atom is -0.0877 e. The summed E-state index contributed by atoms with van der Waals surface area (Å²) in [5.74, 6) is 0. The van der Waals surface area contributed by atoms with Crippen LogP contribution >= 0.6 is 0 Å². The van der Waals surface area contributed by atoms with E-state index in [4.69, 9.17) is 0 Å². The molecule has 0 nitrogen and oxygen atoms in total. The van der Waals surface area contributed by atoms with Crippen LogP contribution in [0.15, 0.2) is 60.8 Å². The molecule has 14 heavy (non-hydrogen) atoms. The summed E-state index contributed by atoms with van der Waals surface area (Å²) in [6, 6.07) is 0. The fraction of sp³-hybridized carbons (Fsp3) is 0.214. The van der Waals surface area contributed by atoms with Gasteiger partial charge in [-0.25, -0.2) is 0 Å². The second kappa shape index (κ2) is 11.7. The van der Waals surface area contributed by atoms with Gasteiger partial charge in [-0.1, -0.05) is 67.7 Å². The SMILES string of the molecule is [CH2]CCC=CC=CC=CC=CC=CC. The molecule has 0 heteroatoms. The molecule has 0 spiro atoms. The lowest BCUT2D eigenvalue weighted by molar-refractivity contribution is 1.05. The molecular formula is C14H19. The summed E-state index contributed by atoms with van der Waals surface area (Å²) < 4.78 is 0. The third-order valence-electron chi connectivity index (χ3n) is 1.48. The van der Waals surface area contributed by atoms with Gasteiger partial charge in [0.05, 0.1) is 0 Å². The summed E-state index contributed by atoms with van der Waals surface area (Å²) in [4.78, 5) is 0. The summed E-state index contributed by atoms with van der Waals surface area (Å²) in [5.41, 5.74) is 0. The van der Waals surface area contributed by atoms with Crippen molar-refractivity contribution in [2.24, 2.45) is 0 Å². The topological polar surface area (TPSA) is 0 Å². The minimum atomic E-state index is 0.965. The van der Waals surface area contributed by atoms with Gasteiger partial charge in [-0.3, -0.25) is 0 Å². The predicted molar refractivity (Wildman–Crippen MR) is 66.0 cm³/mol. The van der Waals surface area contributed by atoms with E-state index in [1.54, 1.807) is 0 Å². The smallest absolute Gasteiger partial charge is 0.0348 e. The van der Waals surface area contributed by atoms with Gasteiger partial charge in [0, 0.05) is 0 Å². The van der Waals surface area contributed by atoms with Crippen molar-refractivity contribution in [3.8, 4) is 0 Å². The molecule has 1 radical (unpaired) electrons. The van der Waals surface area contributed by atoms with Crippen LogP contribution in [0.3, 0.4) is 0 Å². The molecule has 0 aliphatic heterocycles. The molecule has 0 aliphatic carbocycles. The number of hydrogen-bond donors (Lipinski definition) is 0. The molecule has 0 fully saturated rings. The van der Waals surface area contributed by atoms with Gasteiger partial charge in [-0.05, 0) is 19.8 Å². The largest absolute Gasteiger partial charge is 0.0877 e. The van der Waals surface area contributed by atoms with Gasteiger partial charge in [0.15, 0.2) is 0 Å². The molecule has 75 valence electrons. The maximum absolute atomic E-state index is 3.76. The Morgan fingerprint density at radius 1 is 0.786 bits per heavy atom. The zero-order valence-electron chi connectivity index (χ0n) is 8.89. The van der Waals surface area contributed by atoms with Crippen molar-refractivity contribution in [2.45, 2.75) is 19.8 Å². The van der Waals surface area contributed by atoms with E-state index in [2.05, 4.69) is 13.0 Å². The highest BCUT2D eigenvalue weighted by molar-refractivity contribution is 5.17. The fourth-order valence-corrected chi connectivity index (χ4v) is 0.789. The van der Waals surface area contributed by atoms with E-state index in [9.17, 15) is 0 Å². The van der Waals surface area contributed by atoms with Crippen molar-refractivity contribution in [2.75, 3.05) is 0 Å². The lowest BCUT2D eigenvalue weighted by Gasteiger charge is -1.79. The quantitative estimate of drug-likeness (QED) is 0.541. The molecule has 0 unspecified atom stereocenters. The van der Waals surface area contributed by atoms with Crippen molar-refractivity contribution in [1.29, 1.82) is 0 Å². The highest BCUT2D eigenvalue weighted by Crippen LogP contribution is 1.89. The summed E-state index contributed by atoms with van der Waals surface area (Å²) >= 11 is 0. The van der Waals surface area contributed by atoms with Crippen LogP contribution in [0.2, 0.25) is 0 Å². The van der Waals surface area contributed by atoms with Gasteiger partial charge in [-0.15, -0.1) is 0 Å². The first-order chi connectivity index (χ1) is 6.91. The van der Waals surface area contributed by atoms with E-state index >= 15 is 0 Å². The summed E-state index contributed by atoms with van der Waals surface area (Å²) in [7, 11) is 0. The number of allylic oxidation sites excluding steroid dienone is 10. The molecule has 0 aromatic rings. The highest BCUT2D eigenvalue weighted by Gasteiger charge is 1.68. The van der Waals surface area contributed by atoms with Gasteiger partial charge < -0.3 is 0 Å². The first-order valence-electron chi connectivity index (χ1n) is 4.99. The molecule has 0 aliphatic rings. The van der Waals surface area contributed by atoms with Crippen molar-refractivity contribution < 1.29 is 0 Å². The maximum atomic E-state index is 3.76. The minimum absolute atomic E-state index is 0.965. The van der Waals surface area contributed by atoms with Crippen LogP contribution in [0.5, 0.6) is 0 Å². The molecular weight excluding hydrogens is 168 g/mol. The van der Waals surface area contributed by atoms with Crippen LogP contribution in [-0.4, -0.2) is 0 Å². The Morgan fingerprint density at radius 3 is 1.79 bits per heavy atom. The molecule has 0 rings (SSSR count). The van der Waals surface area contributed by atoms with Crippen LogP contribution in [0.25, 0.3) is 0 Å². The zero-order valence-corrected chi connectivity index (χ0v) is 8.89. The Kier molecular flexibility index (Phi) is 10.6. The molecule has 0 saturated carbocycles. The van der Waals surface area contributed by atoms with Gasteiger partial charge in [0.25, 0.3) is 0 Å². The standard InChI is InChI=1S/C14H19/c1-3-5-7-9-11-13-14-12-10-8-6-4-2/h4,6-14H,1,3,5H2,2H3. The Morgan fingerprint density at radius 2 is 1.29 bits per heavy atom. The van der Waals surface area contributed by atoms with Crippen molar-refractivity contribution in [1.82, 2.24) is 0 Å². The van der Waals surface area contributed by atoms with Gasteiger partial charge in [0.1, 0.15) is 0 Å². The van der Waals surface area contributed by atoms with Crippen molar-refractivity contribution >= 4 is 0 Å². The Hall–Kier alpha value is -1.30. The second-order valence-electron chi connectivity index (χ2n) is 2.75. The third kappa shape index (κ3) is 10.7. The molecule has 0 bridgehead atoms. The number of unbranched alkanes of at least 4 members (excludes halogenated alkanes) is 1. The first kappa shape index (κ1) is 12.7. The fourth-order valence-electron chi connectivity index (χ4n) is 0.789. The number of rotatable bonds is 6. The molecule has 0 N–H and O–H groups in total. The molecule has 0 aromatic carbocycles. The lowest BCUT2D eigenvalue weighted by Crippen LogP contribution is -1.58. The normalized spacial score (nSPS) is 13.6. The molecule has 0 aromatic heterocycles. The first-order valence-corrected chi connectivity index (χ1v) is 4.99. The third-order valence-corrected chi connectivity index (χ3v) is 1.48. The monoisotopic (exact) mass is 187 g/mol. The van der Waals surface area contributed by atoms with E-state index in [0.717, 1.165) is 12.8 Å². The molecule has 0 saturated heterocycles. The predicted octanol–water partition coefficient (Wildman–Crippen LogP) is 4.40. The van der Waals surface area contributed by atoms with E-state index in [1.165, 1.54) is 0 Å². The van der Waals surface area contributed by atoms with Crippen LogP contribution in [0, 0.1) is 6.92 Å². The zero-order chi connectivity index (χ0) is 10.5. The van der Waals surface area contributed by atoms with Crippen LogP contribution in [0.4, 0.5) is 0 Å². The van der Waals surface area contributed by atoms with Gasteiger partial charge >= 0.3 is 0 Å². The summed E-state index contributed by atoms with van der Waals surface area (Å²) in [6.07, 6.45) is 22.2. The van der Waals surface area contributed by atoms with E-state index in [1.807, 2.05) is 61.6 Å². The molecule has 0 atom stereocenters. The average molecular weight is 187 g/mol. The van der Waals surface area contributed by atoms with E-state index in [-0.39, 0.29) is 0 Å². The Balaban J connectivity index is 3.60. The lowest BCUT2D eigenvalue weighted by atomic mass is 10.3. The highest BCUT2D eigenvalue weighted by atomic mass is 13.7. The van der Waals surface area contributed by atoms with Crippen LogP contribution < -0.4 is 0 Å². The second-order valence-corrected chi connectivity index (χ2v) is 2.75. The number of hydrogen-bond acceptors (Lipinski definition) is 0. The van der Waals surface area contributed by atoms with Crippen molar-refractivity contribution in [3.05, 3.63) is 67.7 Å². The Labute approximate surface area is 88.0 Å². The summed E-state index contributed by atoms with van der Waals surface area (Å²) in [6.45, 7) is 5.76. The maximum Gasteiger partial charge on any atom is -0.0348 e. The molecule has 0 heterocycles.